The van der Waals surface area contributed by atoms with Crippen LogP contribution in [-0.2, 0) is 9.59 Å². The van der Waals surface area contributed by atoms with E-state index in [1.54, 1.807) is 0 Å². The third kappa shape index (κ3) is 9.73. The second-order valence-corrected chi connectivity index (χ2v) is 3.38. The second kappa shape index (κ2) is 12.3. The Balaban J connectivity index is 0. The lowest BCUT2D eigenvalue weighted by Crippen LogP contribution is -2.54. The van der Waals surface area contributed by atoms with Crippen molar-refractivity contribution in [2.24, 2.45) is 5.92 Å². The molecule has 0 aromatic rings. The van der Waals surface area contributed by atoms with Gasteiger partial charge in [-0.25, -0.2) is 0 Å². The summed E-state index contributed by atoms with van der Waals surface area (Å²) in [5.41, 5.74) is 7.12. The molecule has 0 aliphatic carbocycles. The molecule has 0 saturated carbocycles. The first-order chi connectivity index (χ1) is 7.61. The van der Waals surface area contributed by atoms with Crippen LogP contribution in [0.5, 0.6) is 0 Å². The second-order valence-electron chi connectivity index (χ2n) is 3.38. The van der Waals surface area contributed by atoms with E-state index in [2.05, 4.69) is 11.5 Å². The van der Waals surface area contributed by atoms with Crippen LogP contribution in [0.15, 0.2) is 0 Å². The number of Topliss-reactive ketones (excluding diaryl/α,β-unsaturated/α-hetero) is 1. The molecule has 1 unspecified atom stereocenters. The Hall–Kier alpha value is -0.810. The molecule has 0 spiro atoms. The van der Waals surface area contributed by atoms with Crippen molar-refractivity contribution >= 4 is 27.2 Å². The number of carbonyl (C=O) groups is 2. The molecule has 0 saturated heterocycles. The summed E-state index contributed by atoms with van der Waals surface area (Å²) < 4.78 is 0. The van der Waals surface area contributed by atoms with Crippen LogP contribution in [0.1, 0.15) is 25.7 Å². The summed E-state index contributed by atoms with van der Waals surface area (Å²) in [6, 6.07) is 0. The summed E-state index contributed by atoms with van der Waals surface area (Å²) in [6.45, 7) is 0.995. The lowest BCUT2D eigenvalue weighted by Gasteiger charge is -2.09. The first kappa shape index (κ1) is 17.6. The number of carboxylic acid groups (broad SMARTS) is 1. The van der Waals surface area contributed by atoms with E-state index in [4.69, 9.17) is 12.8 Å². The zero-order chi connectivity index (χ0) is 13.0. The Bertz CT molecular complexity index is 203. The monoisotopic (exact) mass is 229 g/mol. The molecule has 16 heavy (non-hydrogen) atoms. The summed E-state index contributed by atoms with van der Waals surface area (Å²) in [6.07, 6.45) is 2.43. The van der Waals surface area contributed by atoms with Gasteiger partial charge in [0.25, 0.3) is 0 Å². The lowest BCUT2D eigenvalue weighted by molar-refractivity contribution is -0.368. The quantitative estimate of drug-likeness (QED) is 0.300. The molecular weight excluding hydrogens is 206 g/mol. The van der Waals surface area contributed by atoms with Gasteiger partial charge in [0.05, 0.1) is 12.5 Å². The van der Waals surface area contributed by atoms with Crippen molar-refractivity contribution < 1.29 is 26.2 Å². The molecule has 7 N–H and O–H groups in total. The van der Waals surface area contributed by atoms with Gasteiger partial charge in [-0.2, -0.15) is 7.74 Å². The minimum Gasteiger partial charge on any atom is -0.481 e. The van der Waals surface area contributed by atoms with Crippen molar-refractivity contribution in [1.82, 2.24) is 0 Å². The molecule has 1 atom stereocenters. The number of quaternary nitrogens is 2. The standard InChI is InChI=1S/C9H18N2O3.B2H3/c10-4-2-1-3-7(9(13)14)5-8(12)6-11;1-2/h7H,1-6,10-11H2,(H,13,14);1H3/q;-1/p+2. The van der Waals surface area contributed by atoms with E-state index in [0.29, 0.717) is 6.42 Å². The van der Waals surface area contributed by atoms with Crippen molar-refractivity contribution in [2.45, 2.75) is 25.7 Å². The number of unbranched alkanes of at least 4 members (excludes halogenated alkanes) is 1. The van der Waals surface area contributed by atoms with E-state index in [-0.39, 0.29) is 26.5 Å². The van der Waals surface area contributed by atoms with Crippen molar-refractivity contribution in [3.8, 4) is 0 Å². The Labute approximate surface area is 98.7 Å². The Morgan fingerprint density at radius 2 is 1.81 bits per heavy atom. The number of carboxylic acids is 1. The molecule has 7 heteroatoms. The molecule has 0 amide bonds. The molecule has 0 aromatic carbocycles. The first-order valence-electron chi connectivity index (χ1n) is 4.94. The third-order valence-electron chi connectivity index (χ3n) is 2.15. The van der Waals surface area contributed by atoms with Gasteiger partial charge < -0.3 is 16.6 Å². The number of carbonyl (C=O) groups excluding carboxylic acids is 1. The molecule has 92 valence electrons. The minimum absolute atomic E-state index is 0.0768. The zero-order valence-electron chi connectivity index (χ0n) is 9.08. The summed E-state index contributed by atoms with van der Waals surface area (Å²) >= 11 is 0. The van der Waals surface area contributed by atoms with Gasteiger partial charge in [0.15, 0.2) is 5.78 Å². The number of hydrogen-bond acceptors (Lipinski definition) is 2. The van der Waals surface area contributed by atoms with E-state index in [0.717, 1.165) is 19.4 Å². The lowest BCUT2D eigenvalue weighted by atomic mass is 9.81. The third-order valence-corrected chi connectivity index (χ3v) is 2.15. The zero-order valence-corrected chi connectivity index (χ0v) is 9.08. The number of ketones is 1. The maximum Gasteiger partial charge on any atom is 0.306 e. The van der Waals surface area contributed by atoms with Gasteiger partial charge in [-0.3, -0.25) is 9.59 Å². The van der Waals surface area contributed by atoms with Crippen molar-refractivity contribution in [3.05, 3.63) is 0 Å². The average Bonchev–Trinajstić information content (AvgIpc) is 2.30. The summed E-state index contributed by atoms with van der Waals surface area (Å²) in [7, 11) is 5.00. The van der Waals surface area contributed by atoms with Gasteiger partial charge in [0.2, 0.25) is 0 Å². The van der Waals surface area contributed by atoms with E-state index in [1.165, 1.54) is 0 Å². The van der Waals surface area contributed by atoms with Gasteiger partial charge in [-0.05, 0) is 19.3 Å². The Morgan fingerprint density at radius 1 is 1.25 bits per heavy atom. The minimum atomic E-state index is -0.879. The Morgan fingerprint density at radius 3 is 2.19 bits per heavy atom. The molecular formula is C9H23B2N2O3+. The number of hydrogen-bond donors (Lipinski definition) is 3. The highest BCUT2D eigenvalue weighted by molar-refractivity contribution is 6.75. The highest BCUT2D eigenvalue weighted by atomic mass is 16.4. The highest BCUT2D eigenvalue weighted by Gasteiger charge is 2.20. The van der Waals surface area contributed by atoms with Crippen LogP contribution >= 0.6 is 0 Å². The fraction of sp³-hybridized carbons (Fsp3) is 0.778. The maximum absolute atomic E-state index is 11.0. The van der Waals surface area contributed by atoms with Crippen molar-refractivity contribution in [2.75, 3.05) is 13.1 Å². The van der Waals surface area contributed by atoms with Crippen molar-refractivity contribution in [3.63, 3.8) is 0 Å². The predicted octanol–water partition coefficient (Wildman–Crippen LogP) is -3.26. The van der Waals surface area contributed by atoms with Gasteiger partial charge in [-0.15, -0.1) is 0 Å². The van der Waals surface area contributed by atoms with Gasteiger partial charge in [0.1, 0.15) is 6.54 Å². The fourth-order valence-electron chi connectivity index (χ4n) is 1.26. The number of aliphatic carboxylic acids is 1. The first-order valence-corrected chi connectivity index (χ1v) is 4.94. The molecule has 0 heterocycles. The molecule has 0 fully saturated rings. The molecule has 2 radical (unpaired) electrons. The number of rotatable bonds is 8. The van der Waals surface area contributed by atoms with Crippen LogP contribution in [0.25, 0.3) is 0 Å². The smallest absolute Gasteiger partial charge is 0.306 e. The van der Waals surface area contributed by atoms with Crippen LogP contribution in [-0.4, -0.2) is 45.4 Å². The SMILES string of the molecule is [B][BH3-].[NH3+]CCCCC(CC(=O)C[NH3+])C(=O)O. The topological polar surface area (TPSA) is 110 Å². The summed E-state index contributed by atoms with van der Waals surface area (Å²) in [4.78, 5) is 21.8. The van der Waals surface area contributed by atoms with Gasteiger partial charge in [-0.1, -0.05) is 7.74 Å². The largest absolute Gasteiger partial charge is 0.481 e. The predicted molar refractivity (Wildman–Crippen MR) is 65.8 cm³/mol. The van der Waals surface area contributed by atoms with Crippen LogP contribution in [0, 0.1) is 5.92 Å². The molecule has 0 aliphatic heterocycles. The summed E-state index contributed by atoms with van der Waals surface area (Å²) in [5.74, 6) is -1.49. The molecule has 0 aliphatic rings. The normalized spacial score (nSPS) is 11.2. The molecule has 0 aromatic heterocycles. The van der Waals surface area contributed by atoms with Crippen LogP contribution in [0.3, 0.4) is 0 Å². The molecule has 0 bridgehead atoms. The van der Waals surface area contributed by atoms with E-state index < -0.39 is 11.9 Å². The maximum atomic E-state index is 11.0. The molecule has 0 rings (SSSR count). The van der Waals surface area contributed by atoms with E-state index in [9.17, 15) is 9.59 Å². The van der Waals surface area contributed by atoms with Gasteiger partial charge >= 0.3 is 5.97 Å². The van der Waals surface area contributed by atoms with E-state index in [1.807, 2.05) is 0 Å². The van der Waals surface area contributed by atoms with Crippen LogP contribution < -0.4 is 11.5 Å². The Kier molecular flexibility index (Phi) is 13.5. The summed E-state index contributed by atoms with van der Waals surface area (Å²) in [5, 5.41) is 8.83. The van der Waals surface area contributed by atoms with Gasteiger partial charge in [0, 0.05) is 6.42 Å². The molecule has 5 nitrogen and oxygen atoms in total. The van der Waals surface area contributed by atoms with Crippen molar-refractivity contribution in [1.29, 1.82) is 0 Å². The van der Waals surface area contributed by atoms with E-state index >= 15 is 0 Å². The average molecular weight is 229 g/mol. The van der Waals surface area contributed by atoms with Crippen LogP contribution in [0.4, 0.5) is 0 Å². The fourth-order valence-corrected chi connectivity index (χ4v) is 1.26. The van der Waals surface area contributed by atoms with Crippen LogP contribution in [0.2, 0.25) is 0 Å². The highest BCUT2D eigenvalue weighted by Crippen LogP contribution is 2.12.